The van der Waals surface area contributed by atoms with Crippen molar-refractivity contribution in [3.8, 4) is 11.1 Å². The molecule has 1 aliphatic carbocycles. The first-order valence-corrected chi connectivity index (χ1v) is 13.2. The van der Waals surface area contributed by atoms with Gasteiger partial charge >= 0.3 is 24.1 Å². The van der Waals surface area contributed by atoms with Crippen molar-refractivity contribution in [2.45, 2.75) is 43.3 Å². The largest absolute Gasteiger partial charge is 0.480 e. The summed E-state index contributed by atoms with van der Waals surface area (Å²) in [5.41, 5.74) is -2.06. The van der Waals surface area contributed by atoms with E-state index in [1.807, 2.05) is 0 Å². The number of carboxylic acid groups (broad SMARTS) is 2. The molecule has 1 aliphatic rings. The quantitative estimate of drug-likeness (QED) is 0.230. The highest BCUT2D eigenvalue weighted by atomic mass is 19.4. The predicted molar refractivity (Wildman–Crippen MR) is 144 cm³/mol. The number of carboxylic acids is 2. The number of halogens is 3. The monoisotopic (exact) mass is 583 g/mol. The lowest BCUT2D eigenvalue weighted by atomic mass is 9.81. The summed E-state index contributed by atoms with van der Waals surface area (Å²) in [6.45, 7) is -0.877. The fourth-order valence-electron chi connectivity index (χ4n) is 5.07. The SMILES string of the molecule is O=C(NC1CCC(C(=O)OCC(C(=O)O)(C(=O)O)c2ccccc2)CC1)c1ccccc1-c1ccc(C(F)(F)F)cc1. The highest BCUT2D eigenvalue weighted by molar-refractivity contribution is 6.05. The first kappa shape index (κ1) is 30.3. The highest BCUT2D eigenvalue weighted by Gasteiger charge is 2.50. The van der Waals surface area contributed by atoms with E-state index in [1.165, 1.54) is 36.4 Å². The zero-order chi connectivity index (χ0) is 30.5. The fourth-order valence-corrected chi connectivity index (χ4v) is 5.07. The summed E-state index contributed by atoms with van der Waals surface area (Å²) in [7, 11) is 0. The third-order valence-corrected chi connectivity index (χ3v) is 7.52. The molecule has 220 valence electrons. The number of aliphatic carboxylic acids is 2. The van der Waals surface area contributed by atoms with E-state index in [9.17, 15) is 42.6 Å². The lowest BCUT2D eigenvalue weighted by Gasteiger charge is -2.30. The van der Waals surface area contributed by atoms with Crippen molar-refractivity contribution in [2.75, 3.05) is 6.61 Å². The number of esters is 1. The van der Waals surface area contributed by atoms with Crippen molar-refractivity contribution in [3.63, 3.8) is 0 Å². The van der Waals surface area contributed by atoms with Gasteiger partial charge in [-0.1, -0.05) is 60.7 Å². The third kappa shape index (κ3) is 6.45. The minimum absolute atomic E-state index is 0.0270. The molecule has 0 saturated heterocycles. The van der Waals surface area contributed by atoms with E-state index >= 15 is 0 Å². The first-order chi connectivity index (χ1) is 19.9. The Balaban J connectivity index is 1.37. The number of nitrogens with one attached hydrogen (secondary N) is 1. The van der Waals surface area contributed by atoms with Crippen LogP contribution >= 0.6 is 0 Å². The van der Waals surface area contributed by atoms with Crippen LogP contribution in [-0.4, -0.2) is 46.7 Å². The first-order valence-electron chi connectivity index (χ1n) is 13.2. The van der Waals surface area contributed by atoms with Gasteiger partial charge in [0.05, 0.1) is 11.5 Å². The van der Waals surface area contributed by atoms with Crippen LogP contribution in [-0.2, 0) is 30.7 Å². The van der Waals surface area contributed by atoms with Crippen molar-refractivity contribution in [1.82, 2.24) is 5.32 Å². The maximum absolute atomic E-state index is 13.1. The minimum atomic E-state index is -4.47. The van der Waals surface area contributed by atoms with Crippen LogP contribution < -0.4 is 5.32 Å². The standard InChI is InChI=1S/C31H28F3NO7/c32-31(33,34)22-14-10-19(11-15-22)24-8-4-5-9-25(24)26(36)35-23-16-12-20(13-17-23)27(37)42-18-30(28(38)39,29(40)41)21-6-2-1-3-7-21/h1-11,14-15,20,23H,12-13,16-18H2,(H,35,36)(H,38,39)(H,40,41). The van der Waals surface area contributed by atoms with E-state index in [4.69, 9.17) is 4.74 Å². The Morgan fingerprint density at radius 1 is 0.762 bits per heavy atom. The molecule has 3 aromatic carbocycles. The maximum atomic E-state index is 13.1. The smallest absolute Gasteiger partial charge is 0.416 e. The molecule has 1 saturated carbocycles. The van der Waals surface area contributed by atoms with Gasteiger partial charge in [0.25, 0.3) is 5.91 Å². The molecule has 0 radical (unpaired) electrons. The Bertz CT molecular complexity index is 1430. The number of hydrogen-bond acceptors (Lipinski definition) is 5. The number of benzene rings is 3. The minimum Gasteiger partial charge on any atom is -0.480 e. The van der Waals surface area contributed by atoms with E-state index in [-0.39, 0.29) is 11.6 Å². The molecule has 3 N–H and O–H groups in total. The molecule has 0 heterocycles. The molecule has 3 aromatic rings. The zero-order valence-corrected chi connectivity index (χ0v) is 22.3. The second kappa shape index (κ2) is 12.5. The lowest BCUT2D eigenvalue weighted by Crippen LogP contribution is -2.48. The van der Waals surface area contributed by atoms with Gasteiger partial charge in [0.2, 0.25) is 5.41 Å². The topological polar surface area (TPSA) is 130 Å². The third-order valence-electron chi connectivity index (χ3n) is 7.52. The Morgan fingerprint density at radius 2 is 1.33 bits per heavy atom. The molecule has 0 aliphatic heterocycles. The summed E-state index contributed by atoms with van der Waals surface area (Å²) in [6, 6.07) is 18.1. The highest BCUT2D eigenvalue weighted by Crippen LogP contribution is 2.33. The number of carbonyl (C=O) groups is 4. The summed E-state index contributed by atoms with van der Waals surface area (Å²) in [6.07, 6.45) is -3.00. The van der Waals surface area contributed by atoms with E-state index in [1.54, 1.807) is 30.3 Å². The lowest BCUT2D eigenvalue weighted by molar-refractivity contribution is -0.165. The van der Waals surface area contributed by atoms with E-state index in [0.29, 0.717) is 42.4 Å². The van der Waals surface area contributed by atoms with Gasteiger partial charge in [0, 0.05) is 11.6 Å². The van der Waals surface area contributed by atoms with E-state index < -0.39 is 53.5 Å². The van der Waals surface area contributed by atoms with Crippen molar-refractivity contribution in [3.05, 3.63) is 95.6 Å². The van der Waals surface area contributed by atoms with Crippen molar-refractivity contribution in [1.29, 1.82) is 0 Å². The van der Waals surface area contributed by atoms with Crippen LogP contribution in [0.5, 0.6) is 0 Å². The Labute approximate surface area is 239 Å². The average molecular weight is 584 g/mol. The van der Waals surface area contributed by atoms with Crippen LogP contribution in [0.25, 0.3) is 11.1 Å². The molecule has 0 bridgehead atoms. The number of carbonyl (C=O) groups excluding carboxylic acids is 2. The Hall–Kier alpha value is -4.67. The Kier molecular flexibility index (Phi) is 8.99. The summed E-state index contributed by atoms with van der Waals surface area (Å²) >= 11 is 0. The van der Waals surface area contributed by atoms with Gasteiger partial charge in [0.1, 0.15) is 6.61 Å². The molecule has 4 rings (SSSR count). The van der Waals surface area contributed by atoms with Crippen molar-refractivity contribution in [2.24, 2.45) is 5.92 Å². The second-order valence-electron chi connectivity index (χ2n) is 10.1. The van der Waals surface area contributed by atoms with Crippen LogP contribution in [0.3, 0.4) is 0 Å². The van der Waals surface area contributed by atoms with E-state index in [0.717, 1.165) is 12.1 Å². The number of ether oxygens (including phenoxy) is 1. The molecule has 1 fully saturated rings. The van der Waals surface area contributed by atoms with Crippen LogP contribution in [0, 0.1) is 5.92 Å². The number of hydrogen-bond donors (Lipinski definition) is 3. The van der Waals surface area contributed by atoms with Crippen LogP contribution in [0.2, 0.25) is 0 Å². The molecule has 0 unspecified atom stereocenters. The van der Waals surface area contributed by atoms with E-state index in [2.05, 4.69) is 5.32 Å². The normalized spacial score (nSPS) is 17.2. The van der Waals surface area contributed by atoms with Gasteiger partial charge in [-0.25, -0.2) is 0 Å². The average Bonchev–Trinajstić information content (AvgIpc) is 2.97. The molecule has 0 spiro atoms. The molecular weight excluding hydrogens is 555 g/mol. The van der Waals surface area contributed by atoms with Gasteiger partial charge in [-0.2, -0.15) is 13.2 Å². The number of amides is 1. The van der Waals surface area contributed by atoms with Crippen molar-refractivity contribution < 1.29 is 47.3 Å². The van der Waals surface area contributed by atoms with Gasteiger partial charge in [-0.05, 0) is 60.6 Å². The maximum Gasteiger partial charge on any atom is 0.416 e. The molecular formula is C31H28F3NO7. The molecule has 8 nitrogen and oxygen atoms in total. The summed E-state index contributed by atoms with van der Waals surface area (Å²) in [5.74, 6) is -5.04. The van der Waals surface area contributed by atoms with Gasteiger partial charge in [-0.3, -0.25) is 19.2 Å². The molecule has 42 heavy (non-hydrogen) atoms. The number of alkyl halides is 3. The predicted octanol–water partition coefficient (Wildman–Crippen LogP) is 5.31. The summed E-state index contributed by atoms with van der Waals surface area (Å²) in [5, 5.41) is 22.4. The summed E-state index contributed by atoms with van der Waals surface area (Å²) < 4.78 is 44.1. The van der Waals surface area contributed by atoms with Crippen molar-refractivity contribution >= 4 is 23.8 Å². The van der Waals surface area contributed by atoms with Gasteiger partial charge in [0.15, 0.2) is 0 Å². The van der Waals surface area contributed by atoms with Crippen LogP contribution in [0.1, 0.15) is 47.2 Å². The van der Waals surface area contributed by atoms with Gasteiger partial charge < -0.3 is 20.3 Å². The molecule has 11 heteroatoms. The Morgan fingerprint density at radius 3 is 1.90 bits per heavy atom. The molecule has 1 amide bonds. The number of rotatable bonds is 9. The fraction of sp³-hybridized carbons (Fsp3) is 0.290. The summed E-state index contributed by atoms with van der Waals surface area (Å²) in [4.78, 5) is 50.0. The van der Waals surface area contributed by atoms with Gasteiger partial charge in [-0.15, -0.1) is 0 Å². The van der Waals surface area contributed by atoms with Crippen LogP contribution in [0.4, 0.5) is 13.2 Å². The molecule has 0 atom stereocenters. The zero-order valence-electron chi connectivity index (χ0n) is 22.3. The van der Waals surface area contributed by atoms with Crippen LogP contribution in [0.15, 0.2) is 78.9 Å². The second-order valence-corrected chi connectivity index (χ2v) is 10.1. The molecule has 0 aromatic heterocycles.